The maximum Gasteiger partial charge on any atom is 0.161 e. The molecule has 0 aliphatic rings. The van der Waals surface area contributed by atoms with Gasteiger partial charge in [0.2, 0.25) is 0 Å². The van der Waals surface area contributed by atoms with E-state index in [-0.39, 0.29) is 0 Å². The van der Waals surface area contributed by atoms with Crippen molar-refractivity contribution in [3.05, 3.63) is 14.5 Å². The molecule has 0 spiro atoms. The fourth-order valence-corrected chi connectivity index (χ4v) is 2.84. The van der Waals surface area contributed by atoms with E-state index in [9.17, 15) is 0 Å². The second-order valence-electron chi connectivity index (χ2n) is 2.97. The quantitative estimate of drug-likeness (QED) is 0.609. The maximum atomic E-state index is 5.22. The Kier molecular flexibility index (Phi) is 2.50. The van der Waals surface area contributed by atoms with Crippen molar-refractivity contribution in [1.82, 2.24) is 4.57 Å². The highest BCUT2D eigenvalue weighted by atomic mass is 32.1. The Bertz CT molecular complexity index is 306. The van der Waals surface area contributed by atoms with E-state index in [2.05, 4.69) is 32.3 Å². The highest BCUT2D eigenvalue weighted by Gasteiger charge is 2.06. The summed E-state index contributed by atoms with van der Waals surface area (Å²) in [5.41, 5.74) is 1.31. The van der Waals surface area contributed by atoms with Crippen molar-refractivity contribution in [3.63, 3.8) is 0 Å². The summed E-state index contributed by atoms with van der Waals surface area (Å²) in [6.07, 6.45) is 0. The van der Waals surface area contributed by atoms with Crippen LogP contribution >= 0.6 is 23.6 Å². The predicted molar refractivity (Wildman–Crippen MR) is 53.0 cm³/mol. The molecule has 0 fully saturated rings. The van der Waals surface area contributed by atoms with Crippen molar-refractivity contribution in [2.24, 2.45) is 0 Å². The van der Waals surface area contributed by atoms with E-state index in [0.29, 0.717) is 6.04 Å². The van der Waals surface area contributed by atoms with Crippen molar-refractivity contribution in [3.8, 4) is 0 Å². The van der Waals surface area contributed by atoms with Gasteiger partial charge in [-0.3, -0.25) is 0 Å². The lowest BCUT2D eigenvalue weighted by Crippen LogP contribution is -2.02. The van der Waals surface area contributed by atoms with Gasteiger partial charge in [-0.2, -0.15) is 0 Å². The summed E-state index contributed by atoms with van der Waals surface area (Å²) >= 11 is 6.92. The third-order valence-corrected chi connectivity index (χ3v) is 3.24. The Morgan fingerprint density at radius 3 is 2.09 bits per heavy atom. The number of rotatable bonds is 1. The molecule has 1 nitrogen and oxygen atoms in total. The van der Waals surface area contributed by atoms with Crippen LogP contribution in [0.25, 0.3) is 0 Å². The zero-order chi connectivity index (χ0) is 8.59. The smallest absolute Gasteiger partial charge is 0.161 e. The summed E-state index contributed by atoms with van der Waals surface area (Å²) in [4.78, 5) is 1.34. The third-order valence-electron chi connectivity index (χ3n) is 1.82. The molecule has 0 unspecified atom stereocenters. The van der Waals surface area contributed by atoms with E-state index in [1.165, 1.54) is 10.6 Å². The van der Waals surface area contributed by atoms with Gasteiger partial charge in [0.05, 0.1) is 0 Å². The van der Waals surface area contributed by atoms with Crippen LogP contribution < -0.4 is 0 Å². The van der Waals surface area contributed by atoms with E-state index >= 15 is 0 Å². The average molecular weight is 187 g/mol. The molecule has 11 heavy (non-hydrogen) atoms. The number of aryl methyl sites for hydroxylation is 1. The molecule has 0 aromatic carbocycles. The molecule has 0 radical (unpaired) electrons. The number of hydrogen-bond acceptors (Lipinski definition) is 2. The molecule has 1 heterocycles. The molecule has 62 valence electrons. The van der Waals surface area contributed by atoms with Crippen LogP contribution in [0, 0.1) is 17.8 Å². The van der Waals surface area contributed by atoms with Crippen LogP contribution in [0.2, 0.25) is 0 Å². The van der Waals surface area contributed by atoms with E-state index in [0.717, 1.165) is 3.95 Å². The summed E-state index contributed by atoms with van der Waals surface area (Å²) in [5.74, 6) is 0. The fraction of sp³-hybridized carbons (Fsp3) is 0.625. The molecule has 0 aliphatic carbocycles. The number of aromatic nitrogens is 1. The Labute approximate surface area is 76.7 Å². The molecule has 1 rings (SSSR count). The summed E-state index contributed by atoms with van der Waals surface area (Å²) < 4.78 is 3.20. The topological polar surface area (TPSA) is 4.93 Å². The van der Waals surface area contributed by atoms with Crippen molar-refractivity contribution in [2.45, 2.75) is 33.7 Å². The largest absolute Gasteiger partial charge is 0.325 e. The highest BCUT2D eigenvalue weighted by Crippen LogP contribution is 2.21. The second-order valence-corrected chi connectivity index (χ2v) is 4.82. The van der Waals surface area contributed by atoms with E-state index in [1.807, 2.05) is 0 Å². The molecule has 0 bridgehead atoms. The Morgan fingerprint density at radius 2 is 1.91 bits per heavy atom. The molecule has 0 saturated carbocycles. The molecule has 1 aromatic rings. The first kappa shape index (κ1) is 8.94. The van der Waals surface area contributed by atoms with Gasteiger partial charge in [0, 0.05) is 16.6 Å². The van der Waals surface area contributed by atoms with Gasteiger partial charge in [-0.1, -0.05) is 0 Å². The van der Waals surface area contributed by atoms with Crippen LogP contribution in [-0.2, 0) is 0 Å². The molecule has 0 atom stereocenters. The van der Waals surface area contributed by atoms with Gasteiger partial charge in [-0.05, 0) is 39.9 Å². The molecule has 0 amide bonds. The Balaban J connectivity index is 3.34. The molecular formula is C8H13NS2. The Morgan fingerprint density at radius 1 is 1.36 bits per heavy atom. The third kappa shape index (κ3) is 1.54. The van der Waals surface area contributed by atoms with E-state index < -0.39 is 0 Å². The van der Waals surface area contributed by atoms with Crippen molar-refractivity contribution in [2.75, 3.05) is 0 Å². The van der Waals surface area contributed by atoms with Gasteiger partial charge in [-0.15, -0.1) is 11.3 Å². The molecule has 0 saturated heterocycles. The van der Waals surface area contributed by atoms with Crippen LogP contribution in [0.3, 0.4) is 0 Å². The van der Waals surface area contributed by atoms with Crippen molar-refractivity contribution < 1.29 is 0 Å². The normalized spacial score (nSPS) is 11.0. The van der Waals surface area contributed by atoms with Crippen LogP contribution in [0.15, 0.2) is 0 Å². The van der Waals surface area contributed by atoms with Crippen LogP contribution in [-0.4, -0.2) is 4.57 Å². The van der Waals surface area contributed by atoms with Gasteiger partial charge < -0.3 is 4.57 Å². The van der Waals surface area contributed by atoms with Gasteiger partial charge in [0.25, 0.3) is 0 Å². The predicted octanol–water partition coefficient (Wildman–Crippen LogP) is 3.48. The average Bonchev–Trinajstić information content (AvgIpc) is 2.07. The number of nitrogens with zero attached hydrogens (tertiary/aromatic N) is 1. The minimum atomic E-state index is 0.493. The molecule has 0 aliphatic heterocycles. The van der Waals surface area contributed by atoms with E-state index in [1.54, 1.807) is 11.3 Å². The second kappa shape index (κ2) is 3.07. The standard InChI is InChI=1S/C8H13NS2/c1-5(2)9-6(3)7(4)11-8(9)10/h5H,1-4H3. The number of thiazole rings is 1. The van der Waals surface area contributed by atoms with E-state index in [4.69, 9.17) is 12.2 Å². The highest BCUT2D eigenvalue weighted by molar-refractivity contribution is 7.73. The summed E-state index contributed by atoms with van der Waals surface area (Å²) in [5, 5.41) is 0. The Hall–Kier alpha value is -0.150. The van der Waals surface area contributed by atoms with Gasteiger partial charge in [0.15, 0.2) is 3.95 Å². The lowest BCUT2D eigenvalue weighted by molar-refractivity contribution is 0.583. The lowest BCUT2D eigenvalue weighted by Gasteiger charge is -2.09. The summed E-state index contributed by atoms with van der Waals surface area (Å²) in [6.45, 7) is 8.57. The number of hydrogen-bond donors (Lipinski definition) is 0. The molecule has 1 aromatic heterocycles. The van der Waals surface area contributed by atoms with Crippen LogP contribution in [0.5, 0.6) is 0 Å². The van der Waals surface area contributed by atoms with Gasteiger partial charge in [0.1, 0.15) is 0 Å². The van der Waals surface area contributed by atoms with Crippen LogP contribution in [0.1, 0.15) is 30.5 Å². The first-order chi connectivity index (χ1) is 5.04. The van der Waals surface area contributed by atoms with Crippen molar-refractivity contribution >= 4 is 23.6 Å². The van der Waals surface area contributed by atoms with Crippen LogP contribution in [0.4, 0.5) is 0 Å². The molecule has 3 heteroatoms. The van der Waals surface area contributed by atoms with Crippen molar-refractivity contribution in [1.29, 1.82) is 0 Å². The zero-order valence-corrected chi connectivity index (χ0v) is 8.97. The zero-order valence-electron chi connectivity index (χ0n) is 7.34. The monoisotopic (exact) mass is 187 g/mol. The lowest BCUT2D eigenvalue weighted by atomic mass is 10.3. The van der Waals surface area contributed by atoms with Gasteiger partial charge in [-0.25, -0.2) is 0 Å². The SMILES string of the molecule is Cc1sc(=S)n(C(C)C)c1C. The first-order valence-corrected chi connectivity index (χ1v) is 4.95. The minimum Gasteiger partial charge on any atom is -0.325 e. The van der Waals surface area contributed by atoms with Gasteiger partial charge >= 0.3 is 0 Å². The molecular weight excluding hydrogens is 174 g/mol. The summed E-state index contributed by atoms with van der Waals surface area (Å²) in [7, 11) is 0. The molecule has 0 N–H and O–H groups in total. The maximum absolute atomic E-state index is 5.22. The first-order valence-electron chi connectivity index (χ1n) is 3.72. The fourth-order valence-electron chi connectivity index (χ4n) is 1.16. The minimum absolute atomic E-state index is 0.493. The summed E-state index contributed by atoms with van der Waals surface area (Å²) in [6, 6.07) is 0.493.